The first-order valence-corrected chi connectivity index (χ1v) is 12.8. The Morgan fingerprint density at radius 2 is 1.06 bits per heavy atom. The van der Waals surface area contributed by atoms with Crippen molar-refractivity contribution in [2.24, 2.45) is 0 Å². The Labute approximate surface area is 201 Å². The molecule has 1 fully saturated rings. The van der Waals surface area contributed by atoms with Crippen molar-refractivity contribution in [2.45, 2.75) is 6.04 Å². The second kappa shape index (κ2) is 10.2. The van der Waals surface area contributed by atoms with E-state index >= 15 is 0 Å². The van der Waals surface area contributed by atoms with Gasteiger partial charge in [-0.1, -0.05) is 84.9 Å². The van der Waals surface area contributed by atoms with E-state index in [1.165, 1.54) is 15.9 Å². The predicted octanol–water partition coefficient (Wildman–Crippen LogP) is 2.14. The maximum absolute atomic E-state index is 13.1. The molecule has 0 unspecified atom stereocenters. The van der Waals surface area contributed by atoms with Gasteiger partial charge in [-0.25, -0.2) is 4.79 Å². The van der Waals surface area contributed by atoms with Crippen molar-refractivity contribution in [3.8, 4) is 0 Å². The Morgan fingerprint density at radius 1 is 0.667 bits per heavy atom. The van der Waals surface area contributed by atoms with Gasteiger partial charge in [0.2, 0.25) is 0 Å². The molecule has 5 rings (SSSR count). The third-order valence-corrected chi connectivity index (χ3v) is 10.4. The molecule has 33 heavy (non-hydrogen) atoms. The SMILES string of the molecule is O=C1OC[C@@H](c2ccccc2)N1C[P+](c1ccccc1)(c1ccccc1)c1ccccc1.[Cl-]. The van der Waals surface area contributed by atoms with E-state index in [2.05, 4.69) is 84.9 Å². The van der Waals surface area contributed by atoms with E-state index in [9.17, 15) is 4.79 Å². The zero-order valence-electron chi connectivity index (χ0n) is 18.1. The number of nitrogens with zero attached hydrogens (tertiary/aromatic N) is 1. The predicted molar refractivity (Wildman–Crippen MR) is 132 cm³/mol. The Morgan fingerprint density at radius 3 is 1.48 bits per heavy atom. The molecule has 4 aromatic carbocycles. The standard InChI is InChI=1S/C28H25NO2P.ClH/c30-28-29(27(21-31-28)23-13-5-1-6-14-23)22-32(24-15-7-2-8-16-24,25-17-9-3-10-18-25)26-19-11-4-12-20-26;/h1-20,27H,21-22H2;1H/q+1;/p-1/t27-;/m0./s1. The highest BCUT2D eigenvalue weighted by Crippen LogP contribution is 2.57. The molecule has 1 heterocycles. The minimum Gasteiger partial charge on any atom is -1.00 e. The molecule has 1 saturated heterocycles. The summed E-state index contributed by atoms with van der Waals surface area (Å²) < 4.78 is 5.59. The highest BCUT2D eigenvalue weighted by Gasteiger charge is 2.51. The third-order valence-electron chi connectivity index (χ3n) is 6.12. The molecule has 1 aliphatic rings. The number of cyclic esters (lactones) is 1. The molecule has 0 spiro atoms. The molecule has 1 amide bonds. The molecule has 166 valence electrons. The lowest BCUT2D eigenvalue weighted by molar-refractivity contribution is -0.0000116. The normalized spacial score (nSPS) is 15.6. The lowest BCUT2D eigenvalue weighted by atomic mass is 10.1. The van der Waals surface area contributed by atoms with Crippen LogP contribution >= 0.6 is 7.26 Å². The molecule has 0 N–H and O–H groups in total. The molecular formula is C28H25ClNO2P. The van der Waals surface area contributed by atoms with Crippen LogP contribution in [0.3, 0.4) is 0 Å². The van der Waals surface area contributed by atoms with Crippen LogP contribution in [0.15, 0.2) is 121 Å². The van der Waals surface area contributed by atoms with E-state index in [1.807, 2.05) is 41.3 Å². The zero-order valence-corrected chi connectivity index (χ0v) is 19.8. The molecule has 5 heteroatoms. The first-order chi connectivity index (χ1) is 15.8. The number of hydrogen-bond acceptors (Lipinski definition) is 2. The van der Waals surface area contributed by atoms with Gasteiger partial charge >= 0.3 is 6.09 Å². The molecule has 1 atom stereocenters. The summed E-state index contributed by atoms with van der Waals surface area (Å²) in [5, 5.41) is 3.76. The van der Waals surface area contributed by atoms with Gasteiger partial charge in [-0.05, 0) is 42.0 Å². The lowest BCUT2D eigenvalue weighted by Gasteiger charge is -2.32. The number of amides is 1. The Bertz CT molecular complexity index is 1080. The Kier molecular flexibility index (Phi) is 7.13. The van der Waals surface area contributed by atoms with Crippen molar-refractivity contribution in [3.63, 3.8) is 0 Å². The van der Waals surface area contributed by atoms with Gasteiger partial charge < -0.3 is 17.1 Å². The summed E-state index contributed by atoms with van der Waals surface area (Å²) >= 11 is 0. The first-order valence-electron chi connectivity index (χ1n) is 10.8. The molecule has 0 aromatic heterocycles. The highest BCUT2D eigenvalue weighted by atomic mass is 35.5. The summed E-state index contributed by atoms with van der Waals surface area (Å²) in [6, 6.07) is 42.0. The largest absolute Gasteiger partial charge is 1.00 e. The summed E-state index contributed by atoms with van der Waals surface area (Å²) in [6.07, 6.45) is 0.342. The first kappa shape index (κ1) is 23.0. The van der Waals surface area contributed by atoms with E-state index in [0.29, 0.717) is 12.9 Å². The molecular weight excluding hydrogens is 449 g/mol. The monoisotopic (exact) mass is 473 g/mol. The van der Waals surface area contributed by atoms with Gasteiger partial charge in [0.05, 0.1) is 6.04 Å². The number of rotatable bonds is 6. The number of ether oxygens (including phenoxy) is 1. The molecule has 0 radical (unpaired) electrons. The van der Waals surface area contributed by atoms with Gasteiger partial charge in [0.25, 0.3) is 0 Å². The van der Waals surface area contributed by atoms with E-state index < -0.39 is 7.26 Å². The summed E-state index contributed by atoms with van der Waals surface area (Å²) in [6.45, 7) is 0.376. The molecule has 0 saturated carbocycles. The average Bonchev–Trinajstić information content (AvgIpc) is 3.24. The van der Waals surface area contributed by atoms with E-state index in [1.54, 1.807) is 0 Å². The minimum atomic E-state index is -2.17. The van der Waals surface area contributed by atoms with Crippen molar-refractivity contribution in [1.82, 2.24) is 4.90 Å². The van der Waals surface area contributed by atoms with Crippen LogP contribution in [-0.2, 0) is 4.74 Å². The molecule has 3 nitrogen and oxygen atoms in total. The topological polar surface area (TPSA) is 29.5 Å². The fraction of sp³-hybridized carbons (Fsp3) is 0.107. The maximum atomic E-state index is 13.1. The lowest BCUT2D eigenvalue weighted by Crippen LogP contribution is -3.00. The zero-order chi connectivity index (χ0) is 21.8. The number of carbonyl (C=O) groups is 1. The van der Waals surface area contributed by atoms with E-state index in [4.69, 9.17) is 4.74 Å². The summed E-state index contributed by atoms with van der Waals surface area (Å²) in [5.74, 6) is 0. The quantitative estimate of drug-likeness (QED) is 0.402. The number of benzene rings is 4. The van der Waals surface area contributed by atoms with Gasteiger partial charge in [0.15, 0.2) is 6.29 Å². The number of halogens is 1. The van der Waals surface area contributed by atoms with Crippen LogP contribution in [0, 0.1) is 0 Å². The van der Waals surface area contributed by atoms with Crippen LogP contribution in [0.2, 0.25) is 0 Å². The summed E-state index contributed by atoms with van der Waals surface area (Å²) in [4.78, 5) is 15.0. The maximum Gasteiger partial charge on any atom is 0.413 e. The van der Waals surface area contributed by atoms with Crippen molar-refractivity contribution in [2.75, 3.05) is 12.9 Å². The van der Waals surface area contributed by atoms with Crippen LogP contribution in [0.25, 0.3) is 0 Å². The van der Waals surface area contributed by atoms with Crippen LogP contribution in [-0.4, -0.2) is 23.9 Å². The second-order valence-electron chi connectivity index (χ2n) is 7.93. The fourth-order valence-electron chi connectivity index (χ4n) is 4.53. The Hall–Kier alpha value is -3.13. The molecule has 0 bridgehead atoms. The van der Waals surface area contributed by atoms with Crippen molar-refractivity contribution < 1.29 is 21.9 Å². The molecule has 1 aliphatic heterocycles. The fourth-order valence-corrected chi connectivity index (χ4v) is 8.72. The van der Waals surface area contributed by atoms with Gasteiger partial charge in [0, 0.05) is 0 Å². The second-order valence-corrected chi connectivity index (χ2v) is 11.4. The summed E-state index contributed by atoms with van der Waals surface area (Å²) in [7, 11) is -2.17. The average molecular weight is 474 g/mol. The van der Waals surface area contributed by atoms with Crippen LogP contribution in [0.1, 0.15) is 11.6 Å². The molecule has 4 aromatic rings. The van der Waals surface area contributed by atoms with Crippen LogP contribution < -0.4 is 28.3 Å². The summed E-state index contributed by atoms with van der Waals surface area (Å²) in [5.41, 5.74) is 1.10. The van der Waals surface area contributed by atoms with Crippen LogP contribution in [0.5, 0.6) is 0 Å². The van der Waals surface area contributed by atoms with E-state index in [0.717, 1.165) is 5.56 Å². The highest BCUT2D eigenvalue weighted by molar-refractivity contribution is 7.95. The van der Waals surface area contributed by atoms with Gasteiger partial charge in [-0.3, -0.25) is 4.90 Å². The van der Waals surface area contributed by atoms with Gasteiger partial charge in [-0.2, -0.15) is 0 Å². The minimum absolute atomic E-state index is 0. The van der Waals surface area contributed by atoms with Crippen molar-refractivity contribution in [1.29, 1.82) is 0 Å². The number of hydrogen-bond donors (Lipinski definition) is 0. The van der Waals surface area contributed by atoms with Crippen LogP contribution in [0.4, 0.5) is 4.79 Å². The third kappa shape index (κ3) is 4.39. The van der Waals surface area contributed by atoms with Gasteiger partial charge in [0.1, 0.15) is 29.8 Å². The molecule has 0 aliphatic carbocycles. The van der Waals surface area contributed by atoms with E-state index in [-0.39, 0.29) is 24.5 Å². The van der Waals surface area contributed by atoms with Crippen molar-refractivity contribution in [3.05, 3.63) is 127 Å². The smallest absolute Gasteiger partial charge is 0.413 e. The number of carbonyl (C=O) groups excluding carboxylic acids is 1. The Balaban J connectivity index is 0.00000259. The van der Waals surface area contributed by atoms with Gasteiger partial charge in [-0.15, -0.1) is 0 Å². The van der Waals surface area contributed by atoms with Crippen molar-refractivity contribution >= 4 is 29.3 Å².